The molecule has 0 atom stereocenters. The lowest BCUT2D eigenvalue weighted by Crippen LogP contribution is -2.42. The number of amides is 1. The topological polar surface area (TPSA) is 75.7 Å². The number of halogens is 2. The Labute approximate surface area is 187 Å². The number of carbonyl (C=O) groups is 1. The van der Waals surface area contributed by atoms with Crippen LogP contribution in [-0.4, -0.2) is 57.8 Å². The Hall–Kier alpha value is -1.80. The minimum absolute atomic E-state index is 0.126. The van der Waals surface area contributed by atoms with E-state index in [9.17, 15) is 13.2 Å². The Morgan fingerprint density at radius 3 is 2.37 bits per heavy atom. The lowest BCUT2D eigenvalue weighted by molar-refractivity contribution is 0.0905. The first-order valence-electron chi connectivity index (χ1n) is 9.65. The predicted molar refractivity (Wildman–Crippen MR) is 118 cm³/mol. The second kappa shape index (κ2) is 10.0. The third-order valence-corrected chi connectivity index (χ3v) is 6.85. The van der Waals surface area contributed by atoms with Crippen molar-refractivity contribution >= 4 is 38.9 Å². The molecular weight excluding hydrogens is 447 g/mol. The molecule has 30 heavy (non-hydrogen) atoms. The van der Waals surface area contributed by atoms with Crippen molar-refractivity contribution in [3.8, 4) is 5.75 Å². The van der Waals surface area contributed by atoms with E-state index in [1.54, 1.807) is 12.1 Å². The minimum Gasteiger partial charge on any atom is -0.490 e. The number of nitrogens with zero attached hydrogens (tertiary/aromatic N) is 1. The molecule has 0 unspecified atom stereocenters. The maximum Gasteiger partial charge on any atom is 0.251 e. The highest BCUT2D eigenvalue weighted by Gasteiger charge is 2.20. The molecular formula is C21H24Cl2N2O4S. The van der Waals surface area contributed by atoms with Crippen molar-refractivity contribution < 1.29 is 17.9 Å². The zero-order valence-electron chi connectivity index (χ0n) is 16.6. The summed E-state index contributed by atoms with van der Waals surface area (Å²) in [6, 6.07) is 11.2. The van der Waals surface area contributed by atoms with E-state index in [2.05, 4.69) is 10.2 Å². The molecule has 0 bridgehead atoms. The van der Waals surface area contributed by atoms with Crippen LogP contribution in [0, 0.1) is 0 Å². The fraction of sp³-hybridized carbons (Fsp3) is 0.381. The van der Waals surface area contributed by atoms with Crippen LogP contribution in [0.5, 0.6) is 5.75 Å². The number of nitrogens with one attached hydrogen (secondary N) is 1. The molecule has 0 radical (unpaired) electrons. The van der Waals surface area contributed by atoms with Gasteiger partial charge in [-0.15, -0.1) is 0 Å². The standard InChI is InChI=1S/C21H24Cl2N2O4S/c1-30(27,28)18-5-2-15(3-6-18)21(26)24-10-13-25-11-8-16(9-12-25)29-17-4-7-19(22)20(23)14-17/h2-7,14,16H,8-13H2,1H3,(H,24,26). The molecule has 0 aromatic heterocycles. The number of ether oxygens (including phenoxy) is 1. The molecule has 1 saturated heterocycles. The molecule has 162 valence electrons. The van der Waals surface area contributed by atoms with Gasteiger partial charge < -0.3 is 15.0 Å². The minimum atomic E-state index is -3.27. The van der Waals surface area contributed by atoms with E-state index in [-0.39, 0.29) is 16.9 Å². The molecule has 1 heterocycles. The number of rotatable bonds is 7. The third-order valence-electron chi connectivity index (χ3n) is 4.99. The van der Waals surface area contributed by atoms with E-state index in [0.717, 1.165) is 44.5 Å². The van der Waals surface area contributed by atoms with Gasteiger partial charge in [0.1, 0.15) is 11.9 Å². The summed E-state index contributed by atoms with van der Waals surface area (Å²) in [6.45, 7) is 3.02. The van der Waals surface area contributed by atoms with Crippen molar-refractivity contribution in [3.05, 3.63) is 58.1 Å². The number of sulfone groups is 1. The predicted octanol–water partition coefficient (Wildman–Crippen LogP) is 3.67. The first-order valence-corrected chi connectivity index (χ1v) is 12.3. The zero-order chi connectivity index (χ0) is 21.7. The van der Waals surface area contributed by atoms with E-state index in [4.69, 9.17) is 27.9 Å². The van der Waals surface area contributed by atoms with E-state index in [1.807, 2.05) is 6.07 Å². The maximum atomic E-state index is 12.2. The summed E-state index contributed by atoms with van der Waals surface area (Å²) in [4.78, 5) is 14.7. The Bertz CT molecular complexity index is 989. The van der Waals surface area contributed by atoms with Gasteiger partial charge in [-0.05, 0) is 49.2 Å². The van der Waals surface area contributed by atoms with E-state index < -0.39 is 9.84 Å². The maximum absolute atomic E-state index is 12.2. The lowest BCUT2D eigenvalue weighted by atomic mass is 10.1. The Morgan fingerprint density at radius 2 is 1.77 bits per heavy atom. The van der Waals surface area contributed by atoms with Gasteiger partial charge in [-0.25, -0.2) is 8.42 Å². The molecule has 9 heteroatoms. The average molecular weight is 471 g/mol. The molecule has 1 aliphatic heterocycles. The van der Waals surface area contributed by atoms with Crippen LogP contribution in [0.4, 0.5) is 0 Å². The number of carbonyl (C=O) groups excluding carboxylic acids is 1. The average Bonchev–Trinajstić information content (AvgIpc) is 2.71. The zero-order valence-corrected chi connectivity index (χ0v) is 18.9. The number of piperidine rings is 1. The highest BCUT2D eigenvalue weighted by atomic mass is 35.5. The van der Waals surface area contributed by atoms with E-state index in [1.165, 1.54) is 24.3 Å². The summed E-state index contributed by atoms with van der Waals surface area (Å²) in [5.41, 5.74) is 0.441. The highest BCUT2D eigenvalue weighted by molar-refractivity contribution is 7.90. The van der Waals surface area contributed by atoms with E-state index in [0.29, 0.717) is 22.2 Å². The number of hydrogen-bond acceptors (Lipinski definition) is 5. The van der Waals surface area contributed by atoms with Crippen molar-refractivity contribution in [2.45, 2.75) is 23.8 Å². The van der Waals surface area contributed by atoms with Gasteiger partial charge in [0.15, 0.2) is 9.84 Å². The van der Waals surface area contributed by atoms with Crippen LogP contribution in [0.15, 0.2) is 47.4 Å². The molecule has 1 fully saturated rings. The first-order chi connectivity index (χ1) is 14.2. The number of hydrogen-bond donors (Lipinski definition) is 1. The molecule has 0 saturated carbocycles. The van der Waals surface area contributed by atoms with Gasteiger partial charge in [0.2, 0.25) is 0 Å². The largest absolute Gasteiger partial charge is 0.490 e. The first kappa shape index (κ1) is 22.9. The van der Waals surface area contributed by atoms with Gasteiger partial charge in [-0.3, -0.25) is 4.79 Å². The van der Waals surface area contributed by atoms with Gasteiger partial charge in [0, 0.05) is 44.1 Å². The molecule has 1 N–H and O–H groups in total. The number of likely N-dealkylation sites (tertiary alicyclic amines) is 1. The van der Waals surface area contributed by atoms with Crippen molar-refractivity contribution in [1.82, 2.24) is 10.2 Å². The summed E-state index contributed by atoms with van der Waals surface area (Å²) in [6.07, 6.45) is 3.05. The molecule has 0 spiro atoms. The quantitative estimate of drug-likeness (QED) is 0.667. The fourth-order valence-corrected chi connectivity index (χ4v) is 4.20. The smallest absolute Gasteiger partial charge is 0.251 e. The molecule has 6 nitrogen and oxygen atoms in total. The van der Waals surface area contributed by atoms with E-state index >= 15 is 0 Å². The molecule has 1 amide bonds. The Balaban J connectivity index is 1.39. The summed E-state index contributed by atoms with van der Waals surface area (Å²) in [5.74, 6) is 0.505. The van der Waals surface area contributed by atoms with Gasteiger partial charge in [-0.2, -0.15) is 0 Å². The van der Waals surface area contributed by atoms with Gasteiger partial charge in [0.25, 0.3) is 5.91 Å². The fourth-order valence-electron chi connectivity index (χ4n) is 3.28. The van der Waals surface area contributed by atoms with Crippen molar-refractivity contribution in [1.29, 1.82) is 0 Å². The van der Waals surface area contributed by atoms with Crippen LogP contribution in [0.3, 0.4) is 0 Å². The third kappa shape index (κ3) is 6.35. The molecule has 2 aromatic rings. The summed E-state index contributed by atoms with van der Waals surface area (Å²) < 4.78 is 29.0. The summed E-state index contributed by atoms with van der Waals surface area (Å²) in [5, 5.41) is 3.87. The SMILES string of the molecule is CS(=O)(=O)c1ccc(C(=O)NCCN2CCC(Oc3ccc(Cl)c(Cl)c3)CC2)cc1. The molecule has 0 aliphatic carbocycles. The van der Waals surface area contributed by atoms with Crippen molar-refractivity contribution in [2.24, 2.45) is 0 Å². The van der Waals surface area contributed by atoms with Crippen LogP contribution in [0.1, 0.15) is 23.2 Å². The van der Waals surface area contributed by atoms with Gasteiger partial charge >= 0.3 is 0 Å². The lowest BCUT2D eigenvalue weighted by Gasteiger charge is -2.32. The Morgan fingerprint density at radius 1 is 1.10 bits per heavy atom. The van der Waals surface area contributed by atoms with Crippen LogP contribution in [0.2, 0.25) is 10.0 Å². The number of benzene rings is 2. The second-order valence-electron chi connectivity index (χ2n) is 7.29. The highest BCUT2D eigenvalue weighted by Crippen LogP contribution is 2.28. The molecule has 1 aliphatic rings. The van der Waals surface area contributed by atoms with Crippen LogP contribution < -0.4 is 10.1 Å². The Kier molecular flexibility index (Phi) is 7.63. The normalized spacial score (nSPS) is 15.7. The molecule has 3 rings (SSSR count). The second-order valence-corrected chi connectivity index (χ2v) is 10.1. The van der Waals surface area contributed by atoms with Crippen molar-refractivity contribution in [3.63, 3.8) is 0 Å². The van der Waals surface area contributed by atoms with Crippen LogP contribution in [-0.2, 0) is 9.84 Å². The van der Waals surface area contributed by atoms with Crippen LogP contribution >= 0.6 is 23.2 Å². The molecule has 2 aromatic carbocycles. The van der Waals surface area contributed by atoms with Gasteiger partial charge in [0.05, 0.1) is 14.9 Å². The monoisotopic (exact) mass is 470 g/mol. The summed E-state index contributed by atoms with van der Waals surface area (Å²) >= 11 is 12.0. The van der Waals surface area contributed by atoms with Crippen LogP contribution in [0.25, 0.3) is 0 Å². The summed E-state index contributed by atoms with van der Waals surface area (Å²) in [7, 11) is -3.27. The van der Waals surface area contributed by atoms with Gasteiger partial charge in [-0.1, -0.05) is 23.2 Å². The van der Waals surface area contributed by atoms with Crippen molar-refractivity contribution in [2.75, 3.05) is 32.4 Å².